The van der Waals surface area contributed by atoms with Crippen LogP contribution in [0, 0.1) is 23.7 Å². The summed E-state index contributed by atoms with van der Waals surface area (Å²) in [7, 11) is 0. The summed E-state index contributed by atoms with van der Waals surface area (Å²) in [5.41, 5.74) is 0. The Bertz CT molecular complexity index is 490. The van der Waals surface area contributed by atoms with Gasteiger partial charge in [0.2, 0.25) is 0 Å². The minimum Gasteiger partial charge on any atom is -0.361 e. The first-order chi connectivity index (χ1) is 12.3. The van der Waals surface area contributed by atoms with Crippen LogP contribution in [0.15, 0.2) is 0 Å². The van der Waals surface area contributed by atoms with Crippen LogP contribution >= 0.6 is 11.8 Å². The summed E-state index contributed by atoms with van der Waals surface area (Å²) in [6, 6.07) is 0. The molecule has 4 aliphatic carbocycles. The van der Waals surface area contributed by atoms with Crippen molar-refractivity contribution < 1.29 is 9.47 Å². The molecule has 8 unspecified atom stereocenters. The number of nitrogens with one attached hydrogen (secondary N) is 2. The third kappa shape index (κ3) is 2.29. The molecule has 25 heavy (non-hydrogen) atoms. The largest absolute Gasteiger partial charge is 0.361 e. The highest BCUT2D eigenvalue weighted by molar-refractivity contribution is 8.02. The van der Waals surface area contributed by atoms with Crippen molar-refractivity contribution >= 4 is 11.8 Å². The molecule has 4 saturated carbocycles. The zero-order chi connectivity index (χ0) is 16.5. The van der Waals surface area contributed by atoms with E-state index in [2.05, 4.69) is 22.4 Å². The minimum absolute atomic E-state index is 0.269. The topological polar surface area (TPSA) is 42.5 Å². The average molecular weight is 365 g/mol. The number of rotatable bonds is 4. The quantitative estimate of drug-likeness (QED) is 0.803. The van der Waals surface area contributed by atoms with Crippen molar-refractivity contribution in [3.63, 3.8) is 0 Å². The Morgan fingerprint density at radius 1 is 0.720 bits per heavy atom. The van der Waals surface area contributed by atoms with Crippen LogP contribution in [0.3, 0.4) is 0 Å². The van der Waals surface area contributed by atoms with Crippen LogP contribution in [0.4, 0.5) is 0 Å². The molecule has 0 amide bonds. The van der Waals surface area contributed by atoms with Gasteiger partial charge in [0.15, 0.2) is 0 Å². The van der Waals surface area contributed by atoms with Crippen molar-refractivity contribution in [1.82, 2.24) is 10.6 Å². The molecular weight excluding hydrogens is 332 g/mol. The predicted molar refractivity (Wildman–Crippen MR) is 99.4 cm³/mol. The highest BCUT2D eigenvalue weighted by Crippen LogP contribution is 2.68. The Labute approximate surface area is 155 Å². The highest BCUT2D eigenvalue weighted by Gasteiger charge is 2.65. The molecule has 0 radical (unpaired) electrons. The summed E-state index contributed by atoms with van der Waals surface area (Å²) in [4.78, 5) is 0. The van der Waals surface area contributed by atoms with Crippen LogP contribution in [-0.4, -0.2) is 48.3 Å². The van der Waals surface area contributed by atoms with Crippen molar-refractivity contribution in [2.75, 3.05) is 26.3 Å². The van der Waals surface area contributed by atoms with Gasteiger partial charge in [0.05, 0.1) is 22.7 Å². The van der Waals surface area contributed by atoms with Gasteiger partial charge in [-0.15, -0.1) is 11.8 Å². The maximum Gasteiger partial charge on any atom is 0.123 e. The molecule has 2 heterocycles. The fourth-order valence-corrected chi connectivity index (χ4v) is 10.1. The molecule has 6 aliphatic rings. The normalized spacial score (nSPS) is 57.1. The van der Waals surface area contributed by atoms with Gasteiger partial charge in [-0.2, -0.15) is 0 Å². The molecule has 140 valence electrons. The zero-order valence-electron chi connectivity index (χ0n) is 15.2. The van der Waals surface area contributed by atoms with Crippen LogP contribution in [0.2, 0.25) is 0 Å². The Balaban J connectivity index is 1.37. The summed E-state index contributed by atoms with van der Waals surface area (Å²) < 4.78 is 13.2. The first kappa shape index (κ1) is 16.2. The van der Waals surface area contributed by atoms with Crippen LogP contribution in [0.25, 0.3) is 0 Å². The molecule has 4 bridgehead atoms. The van der Waals surface area contributed by atoms with Crippen molar-refractivity contribution in [1.29, 1.82) is 0 Å². The van der Waals surface area contributed by atoms with Crippen molar-refractivity contribution in [2.45, 2.75) is 73.3 Å². The lowest BCUT2D eigenvalue weighted by Crippen LogP contribution is -2.58. The van der Waals surface area contributed by atoms with Crippen molar-refractivity contribution in [3.8, 4) is 0 Å². The number of hydrogen-bond acceptors (Lipinski definition) is 5. The van der Waals surface area contributed by atoms with E-state index in [0.717, 1.165) is 50.0 Å². The number of fused-ring (bicyclic) bond motifs is 4. The van der Waals surface area contributed by atoms with E-state index in [1.165, 1.54) is 51.4 Å². The molecule has 2 N–H and O–H groups in total. The van der Waals surface area contributed by atoms with Crippen LogP contribution in [0.1, 0.15) is 51.4 Å². The first-order valence-electron chi connectivity index (χ1n) is 10.7. The smallest absolute Gasteiger partial charge is 0.123 e. The van der Waals surface area contributed by atoms with E-state index in [-0.39, 0.29) is 21.9 Å². The Morgan fingerprint density at radius 3 is 1.56 bits per heavy atom. The predicted octanol–water partition coefficient (Wildman–Crippen LogP) is 2.73. The second-order valence-electron chi connectivity index (χ2n) is 9.58. The van der Waals surface area contributed by atoms with E-state index in [9.17, 15) is 0 Å². The second kappa shape index (κ2) is 5.84. The monoisotopic (exact) mass is 364 g/mol. The summed E-state index contributed by atoms with van der Waals surface area (Å²) in [5.74, 6) is 3.57. The molecule has 4 nitrogen and oxygen atoms in total. The third-order valence-electron chi connectivity index (χ3n) is 8.38. The summed E-state index contributed by atoms with van der Waals surface area (Å²) >= 11 is 2.36. The van der Waals surface area contributed by atoms with Crippen LogP contribution in [0.5, 0.6) is 0 Å². The van der Waals surface area contributed by atoms with Gasteiger partial charge in [-0.05, 0) is 62.2 Å². The Morgan fingerprint density at radius 2 is 1.24 bits per heavy atom. The minimum atomic E-state index is 0.269. The molecular formula is C20H32N2O2S. The van der Waals surface area contributed by atoms with Crippen LogP contribution < -0.4 is 10.6 Å². The van der Waals surface area contributed by atoms with E-state index in [1.807, 2.05) is 0 Å². The van der Waals surface area contributed by atoms with Gasteiger partial charge in [-0.25, -0.2) is 0 Å². The summed E-state index contributed by atoms with van der Waals surface area (Å²) in [5, 5.41) is 7.49. The fourth-order valence-electron chi connectivity index (χ4n) is 7.48. The lowest BCUT2D eigenvalue weighted by molar-refractivity contribution is 0.0336. The molecule has 5 heteroatoms. The molecule has 8 atom stereocenters. The van der Waals surface area contributed by atoms with E-state index in [0.29, 0.717) is 0 Å². The molecule has 0 aromatic carbocycles. The lowest BCUT2D eigenvalue weighted by Gasteiger charge is -2.51. The summed E-state index contributed by atoms with van der Waals surface area (Å²) in [6.07, 6.45) is 11.9. The molecule has 6 rings (SSSR count). The molecule has 2 saturated heterocycles. The second-order valence-corrected chi connectivity index (χ2v) is 11.3. The molecule has 2 aliphatic heterocycles. The molecule has 0 aromatic heterocycles. The zero-order valence-corrected chi connectivity index (χ0v) is 16.0. The highest BCUT2D eigenvalue weighted by atomic mass is 32.2. The third-order valence-corrected chi connectivity index (χ3v) is 10.6. The van der Waals surface area contributed by atoms with Gasteiger partial charge in [-0.3, -0.25) is 10.6 Å². The summed E-state index contributed by atoms with van der Waals surface area (Å²) in [6.45, 7) is 3.84. The van der Waals surface area contributed by atoms with Gasteiger partial charge in [0, 0.05) is 13.1 Å². The number of thioether (sulfide) groups is 1. The Hall–Kier alpha value is 0.190. The van der Waals surface area contributed by atoms with Gasteiger partial charge in [0.25, 0.3) is 0 Å². The van der Waals surface area contributed by atoms with Crippen molar-refractivity contribution in [2.24, 2.45) is 23.7 Å². The first-order valence-corrected chi connectivity index (χ1v) is 11.5. The average Bonchev–Trinajstić information content (AvgIpc) is 3.47. The van der Waals surface area contributed by atoms with Gasteiger partial charge >= 0.3 is 0 Å². The van der Waals surface area contributed by atoms with E-state index >= 15 is 0 Å². The van der Waals surface area contributed by atoms with Gasteiger partial charge in [-0.1, -0.05) is 12.8 Å². The lowest BCUT2D eigenvalue weighted by atomic mass is 9.85. The van der Waals surface area contributed by atoms with E-state index in [4.69, 9.17) is 9.47 Å². The van der Waals surface area contributed by atoms with Gasteiger partial charge < -0.3 is 9.47 Å². The Kier molecular flexibility index (Phi) is 3.78. The molecule has 0 aromatic rings. The van der Waals surface area contributed by atoms with E-state index < -0.39 is 0 Å². The van der Waals surface area contributed by atoms with E-state index in [1.54, 1.807) is 0 Å². The van der Waals surface area contributed by atoms with Gasteiger partial charge in [0.1, 0.15) is 12.5 Å². The standard InChI is InChI=1S/C20H32N2O2S/c1-3-15-9-13(1)11-19(15,17-21-5-7-23-17)25-20(18-22-6-8-24-18)12-14-2-4-16(20)10-14/h13-18,21-22H,1-12H2. The van der Waals surface area contributed by atoms with Crippen LogP contribution in [-0.2, 0) is 9.47 Å². The molecule has 0 spiro atoms. The SMILES string of the molecule is C1COC(C2(SC3(C4NCCO4)CC4CCC3C4)CC3CCC2C3)N1. The van der Waals surface area contributed by atoms with Crippen molar-refractivity contribution in [3.05, 3.63) is 0 Å². The maximum absolute atomic E-state index is 6.30. The number of hydrogen-bond donors (Lipinski definition) is 2. The maximum atomic E-state index is 6.30. The molecule has 6 fully saturated rings. The fraction of sp³-hybridized carbons (Fsp3) is 1.00. The number of ether oxygens (including phenoxy) is 2.